The van der Waals surface area contributed by atoms with E-state index in [9.17, 15) is 18.0 Å². The van der Waals surface area contributed by atoms with E-state index in [0.717, 1.165) is 46.3 Å². The first kappa shape index (κ1) is 34.6. The van der Waals surface area contributed by atoms with Gasteiger partial charge in [0.1, 0.15) is 11.3 Å². The van der Waals surface area contributed by atoms with Gasteiger partial charge in [-0.1, -0.05) is 75.4 Å². The van der Waals surface area contributed by atoms with Crippen LogP contribution in [-0.4, -0.2) is 37.1 Å². The molecule has 0 aliphatic carbocycles. The van der Waals surface area contributed by atoms with Gasteiger partial charge in [-0.25, -0.2) is 0 Å². The zero-order chi connectivity index (χ0) is 34.3. The number of anilines is 1. The Morgan fingerprint density at radius 2 is 1.42 bits per heavy atom. The van der Waals surface area contributed by atoms with Gasteiger partial charge < -0.3 is 15.1 Å². The molecular formula is C39H42N2O6S. The number of rotatable bonds is 13. The van der Waals surface area contributed by atoms with Crippen LogP contribution in [0.5, 0.6) is 0 Å². The Morgan fingerprint density at radius 1 is 0.812 bits per heavy atom. The molecule has 5 rings (SSSR count). The van der Waals surface area contributed by atoms with Crippen LogP contribution in [0.15, 0.2) is 108 Å². The lowest BCUT2D eigenvalue weighted by Crippen LogP contribution is -2.29. The zero-order valence-corrected chi connectivity index (χ0v) is 28.3. The highest BCUT2D eigenvalue weighted by molar-refractivity contribution is 7.85. The molecule has 0 spiro atoms. The minimum atomic E-state index is -4.17. The van der Waals surface area contributed by atoms with Gasteiger partial charge in [-0.05, 0) is 96.3 Å². The fourth-order valence-electron chi connectivity index (χ4n) is 5.46. The highest BCUT2D eigenvalue weighted by Crippen LogP contribution is 2.29. The second kappa shape index (κ2) is 15.0. The molecule has 0 radical (unpaired) electrons. The third-order valence-electron chi connectivity index (χ3n) is 8.25. The Hall–Kier alpha value is -4.73. The molecule has 1 heterocycles. The molecule has 1 aromatic heterocycles. The minimum absolute atomic E-state index is 0.115. The molecule has 4 aromatic carbocycles. The number of fused-ring (bicyclic) bond motifs is 1. The first-order valence-corrected chi connectivity index (χ1v) is 17.7. The quantitative estimate of drug-likeness (QED) is 0.110. The molecule has 0 fully saturated rings. The molecule has 0 aliphatic heterocycles. The lowest BCUT2D eigenvalue weighted by Gasteiger charge is -2.19. The molecule has 0 saturated heterocycles. The van der Waals surface area contributed by atoms with Crippen molar-refractivity contribution in [3.63, 3.8) is 0 Å². The largest absolute Gasteiger partial charge is 0.456 e. The minimum Gasteiger partial charge on any atom is -0.456 e. The van der Waals surface area contributed by atoms with Crippen molar-refractivity contribution in [2.24, 2.45) is 11.3 Å². The molecule has 9 heteroatoms. The van der Waals surface area contributed by atoms with E-state index in [1.807, 2.05) is 54.6 Å². The number of hydrogen-bond donors (Lipinski definition) is 3. The molecule has 250 valence electrons. The van der Waals surface area contributed by atoms with Crippen LogP contribution in [0.3, 0.4) is 0 Å². The van der Waals surface area contributed by atoms with Gasteiger partial charge in [0.25, 0.3) is 16.0 Å². The highest BCUT2D eigenvalue weighted by atomic mass is 32.2. The lowest BCUT2D eigenvalue weighted by atomic mass is 9.88. The molecule has 1 atom stereocenters. The third kappa shape index (κ3) is 10.1. The van der Waals surface area contributed by atoms with Crippen molar-refractivity contribution in [1.29, 1.82) is 0 Å². The number of para-hydroxylation sites is 1. The molecule has 1 unspecified atom stereocenters. The van der Waals surface area contributed by atoms with Crippen LogP contribution < -0.4 is 10.6 Å². The SMILES string of the molecule is CC(C)(C)CCc1ccc(CC(Cc2ccc(C(=O)NCCS(=O)(=O)O)cc2)C(=O)Nc2ccc(-c3cc4ccccc4o3)cc2)cc1. The van der Waals surface area contributed by atoms with E-state index in [0.29, 0.717) is 24.1 Å². The van der Waals surface area contributed by atoms with Crippen LogP contribution in [0.1, 0.15) is 54.2 Å². The van der Waals surface area contributed by atoms with Crippen LogP contribution >= 0.6 is 0 Å². The van der Waals surface area contributed by atoms with Gasteiger partial charge in [-0.15, -0.1) is 0 Å². The molecule has 48 heavy (non-hydrogen) atoms. The van der Waals surface area contributed by atoms with E-state index in [1.165, 1.54) is 5.56 Å². The Balaban J connectivity index is 1.29. The van der Waals surface area contributed by atoms with E-state index >= 15 is 0 Å². The van der Waals surface area contributed by atoms with E-state index in [-0.39, 0.29) is 17.9 Å². The summed E-state index contributed by atoms with van der Waals surface area (Å²) in [6, 6.07) is 32.8. The third-order valence-corrected chi connectivity index (χ3v) is 8.97. The van der Waals surface area contributed by atoms with Crippen LogP contribution in [0, 0.1) is 11.3 Å². The Kier molecular flexibility index (Phi) is 10.8. The van der Waals surface area contributed by atoms with Gasteiger partial charge in [0, 0.05) is 34.7 Å². The molecule has 5 aromatic rings. The number of carbonyl (C=O) groups excluding carboxylic acids is 2. The summed E-state index contributed by atoms with van der Waals surface area (Å²) in [6.07, 6.45) is 3.05. The van der Waals surface area contributed by atoms with Crippen molar-refractivity contribution >= 4 is 38.6 Å². The predicted molar refractivity (Wildman–Crippen MR) is 191 cm³/mol. The van der Waals surface area contributed by atoms with Crippen molar-refractivity contribution in [2.45, 2.75) is 46.5 Å². The highest BCUT2D eigenvalue weighted by Gasteiger charge is 2.21. The van der Waals surface area contributed by atoms with Crippen molar-refractivity contribution < 1.29 is 27.0 Å². The van der Waals surface area contributed by atoms with Crippen LogP contribution in [0.2, 0.25) is 0 Å². The van der Waals surface area contributed by atoms with E-state index in [1.54, 1.807) is 24.3 Å². The standard InChI is InChI=1S/C39H42N2O6S/c1-39(2,3)21-20-27-8-10-28(11-9-27)24-33(25-29-12-14-31(15-13-29)37(42)40-22-23-48(44,45)46)38(43)41-34-18-16-30(17-19-34)36-26-32-6-4-5-7-35(32)47-36/h4-19,26,33H,20-25H2,1-3H3,(H,40,42)(H,41,43)(H,44,45,46). The zero-order valence-electron chi connectivity index (χ0n) is 27.5. The Morgan fingerprint density at radius 3 is 2.02 bits per heavy atom. The number of benzene rings is 4. The van der Waals surface area contributed by atoms with Crippen LogP contribution in [0.25, 0.3) is 22.3 Å². The van der Waals surface area contributed by atoms with Crippen molar-refractivity contribution in [1.82, 2.24) is 5.32 Å². The van der Waals surface area contributed by atoms with E-state index in [2.05, 4.69) is 55.7 Å². The number of nitrogens with one attached hydrogen (secondary N) is 2. The van der Waals surface area contributed by atoms with Gasteiger partial charge >= 0.3 is 0 Å². The fraction of sp³-hybridized carbons (Fsp3) is 0.282. The molecule has 8 nitrogen and oxygen atoms in total. The molecule has 0 bridgehead atoms. The number of carbonyl (C=O) groups is 2. The summed E-state index contributed by atoms with van der Waals surface area (Å²) in [7, 11) is -4.17. The second-order valence-corrected chi connectivity index (χ2v) is 15.0. The predicted octanol–water partition coefficient (Wildman–Crippen LogP) is 7.74. The maximum Gasteiger partial charge on any atom is 0.266 e. The maximum atomic E-state index is 13.8. The molecule has 2 amide bonds. The summed E-state index contributed by atoms with van der Waals surface area (Å²) in [4.78, 5) is 26.2. The first-order valence-electron chi connectivity index (χ1n) is 16.1. The molecule has 0 aliphatic rings. The summed E-state index contributed by atoms with van der Waals surface area (Å²) in [5, 5.41) is 6.61. The van der Waals surface area contributed by atoms with Crippen molar-refractivity contribution in [3.8, 4) is 11.3 Å². The smallest absolute Gasteiger partial charge is 0.266 e. The second-order valence-electron chi connectivity index (χ2n) is 13.4. The first-order chi connectivity index (χ1) is 22.8. The normalized spacial score (nSPS) is 12.5. The summed E-state index contributed by atoms with van der Waals surface area (Å²) >= 11 is 0. The van der Waals surface area contributed by atoms with E-state index in [4.69, 9.17) is 8.97 Å². The van der Waals surface area contributed by atoms with E-state index < -0.39 is 27.7 Å². The van der Waals surface area contributed by atoms with Gasteiger partial charge in [-0.3, -0.25) is 14.1 Å². The maximum absolute atomic E-state index is 13.8. The monoisotopic (exact) mass is 666 g/mol. The number of aryl methyl sites for hydroxylation is 1. The van der Waals surface area contributed by atoms with Crippen LogP contribution in [-0.2, 0) is 34.2 Å². The average molecular weight is 667 g/mol. The van der Waals surface area contributed by atoms with Gasteiger partial charge in [0.15, 0.2) is 0 Å². The number of furan rings is 1. The summed E-state index contributed by atoms with van der Waals surface area (Å²) in [6.45, 7) is 6.51. The topological polar surface area (TPSA) is 126 Å². The molecular weight excluding hydrogens is 625 g/mol. The number of hydrogen-bond acceptors (Lipinski definition) is 5. The summed E-state index contributed by atoms with van der Waals surface area (Å²) in [5.41, 5.74) is 6.23. The van der Waals surface area contributed by atoms with Crippen LogP contribution in [0.4, 0.5) is 5.69 Å². The summed E-state index contributed by atoms with van der Waals surface area (Å²) in [5.74, 6) is -0.760. The van der Waals surface area contributed by atoms with Crippen molar-refractivity contribution in [2.75, 3.05) is 17.6 Å². The Labute approximate surface area is 282 Å². The fourth-order valence-corrected chi connectivity index (χ4v) is 5.82. The van der Waals surface area contributed by atoms with Gasteiger partial charge in [-0.2, -0.15) is 8.42 Å². The lowest BCUT2D eigenvalue weighted by molar-refractivity contribution is -0.119. The Bertz CT molecular complexity index is 1920. The molecule has 3 N–H and O–H groups in total. The van der Waals surface area contributed by atoms with Crippen molar-refractivity contribution in [3.05, 3.63) is 125 Å². The average Bonchev–Trinajstić information content (AvgIpc) is 3.48. The molecule has 0 saturated carbocycles. The van der Waals surface area contributed by atoms with Gasteiger partial charge in [0.05, 0.1) is 5.75 Å². The van der Waals surface area contributed by atoms with Gasteiger partial charge in [0.2, 0.25) is 5.91 Å². The number of amides is 2. The summed E-state index contributed by atoms with van der Waals surface area (Å²) < 4.78 is 36.8.